The molecule has 0 radical (unpaired) electrons. The molecule has 0 saturated heterocycles. The van der Waals surface area contributed by atoms with Crippen molar-refractivity contribution in [3.05, 3.63) is 42.0 Å². The van der Waals surface area contributed by atoms with E-state index in [-0.39, 0.29) is 26.2 Å². The molecule has 0 aromatic heterocycles. The quantitative estimate of drug-likeness (QED) is 0.599. The third-order valence-electron chi connectivity index (χ3n) is 1.90. The molecule has 2 rings (SSSR count). The first kappa shape index (κ1) is 8.81. The Morgan fingerprint density at radius 2 is 1.82 bits per heavy atom. The van der Waals surface area contributed by atoms with Gasteiger partial charge in [0.2, 0.25) is 0 Å². The molecule has 2 aromatic carbocycles. The second kappa shape index (κ2) is 3.41. The fourth-order valence-electron chi connectivity index (χ4n) is 1.31. The molecular weight excluding hydrogens is 211 g/mol. The van der Waals surface area contributed by atoms with Gasteiger partial charge in [0.15, 0.2) is 0 Å². The molecule has 0 bridgehead atoms. The van der Waals surface area contributed by atoms with Gasteiger partial charge in [-0.1, -0.05) is 13.0 Å². The first-order chi connectivity index (χ1) is 4.88. The van der Waals surface area contributed by atoms with Crippen molar-refractivity contribution in [1.82, 2.24) is 0 Å². The van der Waals surface area contributed by atoms with Crippen LogP contribution in [0.1, 0.15) is 5.56 Å². The van der Waals surface area contributed by atoms with Gasteiger partial charge in [0.1, 0.15) is 0 Å². The molecule has 11 heavy (non-hydrogen) atoms. The average molecular weight is 220 g/mol. The molecule has 1 heteroatoms. The fourth-order valence-corrected chi connectivity index (χ4v) is 1.31. The Kier molecular flexibility index (Phi) is 2.73. The number of hydrogen-bond donors (Lipinski definition) is 0. The first-order valence-corrected chi connectivity index (χ1v) is 3.49. The molecule has 52 valence electrons. The van der Waals surface area contributed by atoms with E-state index in [0.717, 1.165) is 0 Å². The topological polar surface area (TPSA) is 0 Å². The summed E-state index contributed by atoms with van der Waals surface area (Å²) >= 11 is 0. The maximum Gasteiger partial charge on any atom is 2.00 e. The Bertz CT molecular complexity index is 346. The van der Waals surface area contributed by atoms with Crippen LogP contribution in [-0.4, -0.2) is 0 Å². The van der Waals surface area contributed by atoms with E-state index in [1.165, 1.54) is 16.3 Å². The van der Waals surface area contributed by atoms with Crippen molar-refractivity contribution >= 4 is 10.8 Å². The number of rotatable bonds is 0. The van der Waals surface area contributed by atoms with E-state index in [1.54, 1.807) is 0 Å². The van der Waals surface area contributed by atoms with Gasteiger partial charge in [0, 0.05) is 0 Å². The number of hydrogen-bond acceptors (Lipinski definition) is 0. The van der Waals surface area contributed by atoms with Crippen LogP contribution in [0.15, 0.2) is 36.4 Å². The zero-order valence-corrected chi connectivity index (χ0v) is 8.92. The molecule has 0 aliphatic rings. The summed E-state index contributed by atoms with van der Waals surface area (Å²) in [4.78, 5) is 0. The Morgan fingerprint density at radius 3 is 2.55 bits per heavy atom. The second-order valence-corrected chi connectivity index (χ2v) is 2.60. The van der Waals surface area contributed by atoms with Gasteiger partial charge in [0.25, 0.3) is 0 Å². The Hall–Kier alpha value is -0.287. The molecule has 0 amide bonds. The van der Waals surface area contributed by atoms with Crippen LogP contribution in [0.5, 0.6) is 0 Å². The van der Waals surface area contributed by atoms with E-state index in [2.05, 4.69) is 43.3 Å². The molecule has 0 aliphatic carbocycles. The Balaban J connectivity index is 0.000000605. The van der Waals surface area contributed by atoms with Crippen molar-refractivity contribution in [2.45, 2.75) is 6.92 Å². The van der Waals surface area contributed by atoms with Crippen LogP contribution in [0, 0.1) is 6.92 Å². The Morgan fingerprint density at radius 1 is 1.09 bits per heavy atom. The number of aryl methyl sites for hydroxylation is 1. The SMILES string of the molecule is C[c-]1ccc2ccccc21.[Zr+2]. The molecule has 0 atom stereocenters. The molecule has 0 heterocycles. The maximum absolute atomic E-state index is 2.16. The summed E-state index contributed by atoms with van der Waals surface area (Å²) in [5.41, 5.74) is 1.37. The van der Waals surface area contributed by atoms with E-state index >= 15 is 0 Å². The Labute approximate surface area is 85.7 Å². The van der Waals surface area contributed by atoms with Gasteiger partial charge in [-0.25, -0.2) is 0 Å². The summed E-state index contributed by atoms with van der Waals surface area (Å²) in [5, 5.41) is 2.72. The molecule has 0 aliphatic heterocycles. The molecule has 2 aromatic rings. The van der Waals surface area contributed by atoms with Gasteiger partial charge >= 0.3 is 26.2 Å². The predicted octanol–water partition coefficient (Wildman–Crippen LogP) is 2.86. The van der Waals surface area contributed by atoms with Crippen molar-refractivity contribution in [3.8, 4) is 0 Å². The molecule has 0 nitrogen and oxygen atoms in total. The van der Waals surface area contributed by atoms with Gasteiger partial charge in [0.05, 0.1) is 0 Å². The monoisotopic (exact) mass is 219 g/mol. The molecule has 0 saturated carbocycles. The van der Waals surface area contributed by atoms with Crippen molar-refractivity contribution in [3.63, 3.8) is 0 Å². The molecule has 0 unspecified atom stereocenters. The minimum Gasteiger partial charge on any atom is -0.168 e. The van der Waals surface area contributed by atoms with Gasteiger partial charge < -0.3 is 0 Å². The summed E-state index contributed by atoms with van der Waals surface area (Å²) in [6, 6.07) is 12.8. The average Bonchev–Trinajstić information content (AvgIpc) is 2.34. The molecule has 0 spiro atoms. The van der Waals surface area contributed by atoms with E-state index in [4.69, 9.17) is 0 Å². The van der Waals surface area contributed by atoms with E-state index in [0.29, 0.717) is 0 Å². The predicted molar refractivity (Wildman–Crippen MR) is 44.3 cm³/mol. The third kappa shape index (κ3) is 1.49. The van der Waals surface area contributed by atoms with Crippen LogP contribution in [0.4, 0.5) is 0 Å². The summed E-state index contributed by atoms with van der Waals surface area (Å²) in [6.07, 6.45) is 0. The molecule has 0 N–H and O–H groups in total. The van der Waals surface area contributed by atoms with Gasteiger partial charge in [-0.05, 0) is 0 Å². The summed E-state index contributed by atoms with van der Waals surface area (Å²) in [7, 11) is 0. The van der Waals surface area contributed by atoms with Gasteiger partial charge in [-0.2, -0.15) is 12.1 Å². The van der Waals surface area contributed by atoms with Crippen molar-refractivity contribution < 1.29 is 26.2 Å². The fraction of sp³-hybridized carbons (Fsp3) is 0.100. The van der Waals surface area contributed by atoms with Gasteiger partial charge in [-0.15, -0.1) is 34.5 Å². The minimum absolute atomic E-state index is 0. The van der Waals surface area contributed by atoms with Crippen LogP contribution in [-0.2, 0) is 26.2 Å². The van der Waals surface area contributed by atoms with E-state index < -0.39 is 0 Å². The third-order valence-corrected chi connectivity index (χ3v) is 1.90. The normalized spacial score (nSPS) is 9.55. The van der Waals surface area contributed by atoms with Crippen LogP contribution in [0.3, 0.4) is 0 Å². The van der Waals surface area contributed by atoms with Gasteiger partial charge in [-0.3, -0.25) is 0 Å². The summed E-state index contributed by atoms with van der Waals surface area (Å²) in [5.74, 6) is 0. The van der Waals surface area contributed by atoms with E-state index in [9.17, 15) is 0 Å². The van der Waals surface area contributed by atoms with Crippen molar-refractivity contribution in [2.24, 2.45) is 0 Å². The molecule has 0 fully saturated rings. The van der Waals surface area contributed by atoms with E-state index in [1.807, 2.05) is 0 Å². The zero-order chi connectivity index (χ0) is 6.97. The maximum atomic E-state index is 2.16. The van der Waals surface area contributed by atoms with Crippen molar-refractivity contribution in [2.75, 3.05) is 0 Å². The smallest absolute Gasteiger partial charge is 0.168 e. The standard InChI is InChI=1S/C10H9.Zr/c1-8-6-7-9-4-2-3-5-10(8)9;/h2-7H,1H3;/q-1;+2. The first-order valence-electron chi connectivity index (χ1n) is 3.49. The minimum atomic E-state index is 0. The number of fused-ring (bicyclic) bond motifs is 1. The van der Waals surface area contributed by atoms with Crippen LogP contribution in [0.25, 0.3) is 10.8 Å². The second-order valence-electron chi connectivity index (χ2n) is 2.60. The number of benzene rings is 1. The van der Waals surface area contributed by atoms with Crippen LogP contribution < -0.4 is 0 Å². The van der Waals surface area contributed by atoms with Crippen molar-refractivity contribution in [1.29, 1.82) is 0 Å². The summed E-state index contributed by atoms with van der Waals surface area (Å²) in [6.45, 7) is 2.14. The molecular formula is C10H9Zr+. The van der Waals surface area contributed by atoms with Crippen LogP contribution >= 0.6 is 0 Å². The zero-order valence-electron chi connectivity index (χ0n) is 6.46. The summed E-state index contributed by atoms with van der Waals surface area (Å²) < 4.78 is 0. The van der Waals surface area contributed by atoms with Crippen LogP contribution in [0.2, 0.25) is 0 Å². The largest absolute Gasteiger partial charge is 2.00 e.